The number of ether oxygens (including phenoxy) is 3. The standard InChI is InChI=1S/C25H27NO5/c1-15-8-5-6-9-18(15)26-19-10-7-11-20(27)23(19)17(14-22(26)28)16-12-13-21(29-2)25(31-4)24(16)30-3/h5-6,8-9,12-13,17H,7,10-11,14H2,1-4H3/t17-/m1/s1. The van der Waals surface area contributed by atoms with Crippen LogP contribution in [0.25, 0.3) is 0 Å². The van der Waals surface area contributed by atoms with Gasteiger partial charge in [-0.1, -0.05) is 24.3 Å². The van der Waals surface area contributed by atoms with Crippen LogP contribution in [-0.4, -0.2) is 33.0 Å². The van der Waals surface area contributed by atoms with Crippen LogP contribution in [0.3, 0.4) is 0 Å². The molecule has 6 nitrogen and oxygen atoms in total. The molecular weight excluding hydrogens is 394 g/mol. The molecule has 1 heterocycles. The van der Waals surface area contributed by atoms with Crippen molar-refractivity contribution in [3.63, 3.8) is 0 Å². The largest absolute Gasteiger partial charge is 0.493 e. The van der Waals surface area contributed by atoms with Crippen LogP contribution in [0.2, 0.25) is 0 Å². The van der Waals surface area contributed by atoms with Crippen LogP contribution in [0.5, 0.6) is 17.2 Å². The highest BCUT2D eigenvalue weighted by Gasteiger charge is 2.41. The summed E-state index contributed by atoms with van der Waals surface area (Å²) in [5, 5.41) is 0. The van der Waals surface area contributed by atoms with Crippen LogP contribution in [0.4, 0.5) is 5.69 Å². The average Bonchev–Trinajstić information content (AvgIpc) is 2.78. The molecule has 1 amide bonds. The number of allylic oxidation sites excluding steroid dienone is 2. The van der Waals surface area contributed by atoms with Crippen molar-refractivity contribution in [2.45, 2.75) is 38.5 Å². The van der Waals surface area contributed by atoms with Gasteiger partial charge in [0.05, 0.1) is 27.0 Å². The average molecular weight is 421 g/mol. The van der Waals surface area contributed by atoms with Crippen molar-refractivity contribution in [3.8, 4) is 17.2 Å². The molecule has 2 aromatic carbocycles. The summed E-state index contributed by atoms with van der Waals surface area (Å²) in [5.41, 5.74) is 4.12. The Morgan fingerprint density at radius 2 is 1.65 bits per heavy atom. The zero-order chi connectivity index (χ0) is 22.1. The van der Waals surface area contributed by atoms with E-state index in [0.29, 0.717) is 35.7 Å². The molecule has 4 rings (SSSR count). The minimum atomic E-state index is -0.384. The molecule has 0 unspecified atom stereocenters. The fraction of sp³-hybridized carbons (Fsp3) is 0.360. The van der Waals surface area contributed by atoms with E-state index in [4.69, 9.17) is 14.2 Å². The van der Waals surface area contributed by atoms with E-state index in [9.17, 15) is 9.59 Å². The topological polar surface area (TPSA) is 65.1 Å². The molecule has 0 saturated heterocycles. The van der Waals surface area contributed by atoms with E-state index >= 15 is 0 Å². The molecule has 1 aliphatic carbocycles. The van der Waals surface area contributed by atoms with Crippen molar-refractivity contribution in [2.24, 2.45) is 0 Å². The van der Waals surface area contributed by atoms with E-state index in [-0.39, 0.29) is 24.0 Å². The Morgan fingerprint density at radius 3 is 2.32 bits per heavy atom. The fourth-order valence-electron chi connectivity index (χ4n) is 4.75. The van der Waals surface area contributed by atoms with Gasteiger partial charge in [-0.15, -0.1) is 0 Å². The predicted octanol–water partition coefficient (Wildman–Crippen LogP) is 4.55. The van der Waals surface area contributed by atoms with Gasteiger partial charge in [0.2, 0.25) is 11.7 Å². The third-order valence-corrected chi connectivity index (χ3v) is 6.14. The lowest BCUT2D eigenvalue weighted by atomic mass is 9.76. The van der Waals surface area contributed by atoms with Crippen molar-refractivity contribution >= 4 is 17.4 Å². The Labute approximate surface area is 182 Å². The summed E-state index contributed by atoms with van der Waals surface area (Å²) < 4.78 is 16.6. The van der Waals surface area contributed by atoms with Crippen molar-refractivity contribution in [1.29, 1.82) is 0 Å². The number of Topliss-reactive ketones (excluding diaryl/α,β-unsaturated/α-hetero) is 1. The highest BCUT2D eigenvalue weighted by molar-refractivity contribution is 6.08. The smallest absolute Gasteiger partial charge is 0.232 e. The highest BCUT2D eigenvalue weighted by atomic mass is 16.5. The van der Waals surface area contributed by atoms with Crippen LogP contribution in [-0.2, 0) is 9.59 Å². The Bertz CT molecular complexity index is 1070. The summed E-state index contributed by atoms with van der Waals surface area (Å²) in [7, 11) is 4.67. The van der Waals surface area contributed by atoms with Gasteiger partial charge in [-0.3, -0.25) is 14.5 Å². The van der Waals surface area contributed by atoms with Crippen molar-refractivity contribution < 1.29 is 23.8 Å². The Kier molecular flexibility index (Phi) is 5.72. The van der Waals surface area contributed by atoms with Gasteiger partial charge < -0.3 is 14.2 Å². The molecule has 1 aliphatic heterocycles. The maximum Gasteiger partial charge on any atom is 0.232 e. The predicted molar refractivity (Wildman–Crippen MR) is 118 cm³/mol. The number of carbonyl (C=O) groups is 2. The minimum absolute atomic E-state index is 0.0235. The lowest BCUT2D eigenvalue weighted by molar-refractivity contribution is -0.119. The number of para-hydroxylation sites is 1. The summed E-state index contributed by atoms with van der Waals surface area (Å²) in [6.07, 6.45) is 2.10. The van der Waals surface area contributed by atoms with Crippen LogP contribution < -0.4 is 19.1 Å². The number of anilines is 1. The van der Waals surface area contributed by atoms with Gasteiger partial charge in [0.25, 0.3) is 0 Å². The van der Waals surface area contributed by atoms with Crippen LogP contribution in [0.1, 0.15) is 42.7 Å². The number of ketones is 1. The molecule has 31 heavy (non-hydrogen) atoms. The monoisotopic (exact) mass is 421 g/mol. The van der Waals surface area contributed by atoms with Crippen molar-refractivity contribution in [1.82, 2.24) is 0 Å². The van der Waals surface area contributed by atoms with Gasteiger partial charge in [-0.05, 0) is 37.5 Å². The second-order valence-corrected chi connectivity index (χ2v) is 7.83. The maximum atomic E-state index is 13.5. The van der Waals surface area contributed by atoms with Crippen LogP contribution >= 0.6 is 0 Å². The van der Waals surface area contributed by atoms with Gasteiger partial charge in [0.1, 0.15) is 0 Å². The van der Waals surface area contributed by atoms with Gasteiger partial charge in [-0.25, -0.2) is 0 Å². The summed E-state index contributed by atoms with van der Waals surface area (Å²) in [5.74, 6) is 1.18. The molecule has 0 N–H and O–H groups in total. The van der Waals surface area contributed by atoms with E-state index in [0.717, 1.165) is 28.9 Å². The Balaban J connectivity index is 1.92. The number of hydrogen-bond acceptors (Lipinski definition) is 5. The summed E-state index contributed by atoms with van der Waals surface area (Å²) in [6.45, 7) is 1.98. The number of methoxy groups -OCH3 is 3. The van der Waals surface area contributed by atoms with Crippen molar-refractivity contribution in [3.05, 3.63) is 58.8 Å². The van der Waals surface area contributed by atoms with Gasteiger partial charge in [-0.2, -0.15) is 0 Å². The summed E-state index contributed by atoms with van der Waals surface area (Å²) in [4.78, 5) is 28.4. The molecule has 2 aromatic rings. The Morgan fingerprint density at radius 1 is 0.903 bits per heavy atom. The summed E-state index contributed by atoms with van der Waals surface area (Å²) >= 11 is 0. The first-order valence-corrected chi connectivity index (χ1v) is 10.5. The maximum absolute atomic E-state index is 13.5. The molecule has 0 radical (unpaired) electrons. The van der Waals surface area contributed by atoms with E-state index < -0.39 is 0 Å². The Hall–Kier alpha value is -3.28. The second kappa shape index (κ2) is 8.46. The molecule has 162 valence electrons. The molecule has 1 atom stereocenters. The van der Waals surface area contributed by atoms with Crippen LogP contribution in [0.15, 0.2) is 47.7 Å². The molecule has 0 fully saturated rings. The first kappa shape index (κ1) is 21.0. The third-order valence-electron chi connectivity index (χ3n) is 6.14. The van der Waals surface area contributed by atoms with Gasteiger partial charge in [0, 0.05) is 35.6 Å². The summed E-state index contributed by atoms with van der Waals surface area (Å²) in [6, 6.07) is 11.5. The van der Waals surface area contributed by atoms with E-state index in [1.807, 2.05) is 37.3 Å². The van der Waals surface area contributed by atoms with Gasteiger partial charge in [0.15, 0.2) is 17.3 Å². The van der Waals surface area contributed by atoms with Crippen LogP contribution in [0, 0.1) is 6.92 Å². The number of aryl methyl sites for hydroxylation is 1. The van der Waals surface area contributed by atoms with Gasteiger partial charge >= 0.3 is 0 Å². The number of amides is 1. The molecule has 0 spiro atoms. The molecular formula is C25H27NO5. The number of hydrogen-bond donors (Lipinski definition) is 0. The number of benzene rings is 2. The number of carbonyl (C=O) groups excluding carboxylic acids is 2. The number of nitrogens with zero attached hydrogens (tertiary/aromatic N) is 1. The van der Waals surface area contributed by atoms with E-state index in [2.05, 4.69) is 0 Å². The SMILES string of the molecule is COc1ccc([C@H]2CC(=O)N(c3ccccc3C)C3=C2C(=O)CCC3)c(OC)c1OC. The third kappa shape index (κ3) is 3.46. The minimum Gasteiger partial charge on any atom is -0.493 e. The fourth-order valence-corrected chi connectivity index (χ4v) is 4.75. The van der Waals surface area contributed by atoms with E-state index in [1.165, 1.54) is 0 Å². The highest BCUT2D eigenvalue weighted by Crippen LogP contribution is 2.49. The quantitative estimate of drug-likeness (QED) is 0.709. The normalized spacial score (nSPS) is 18.7. The molecule has 2 aliphatic rings. The van der Waals surface area contributed by atoms with E-state index in [1.54, 1.807) is 32.3 Å². The molecule has 6 heteroatoms. The number of rotatable bonds is 5. The first-order chi connectivity index (χ1) is 15.0. The zero-order valence-electron chi connectivity index (χ0n) is 18.4. The second-order valence-electron chi connectivity index (χ2n) is 7.83. The lowest BCUT2D eigenvalue weighted by Crippen LogP contribution is -2.41. The zero-order valence-corrected chi connectivity index (χ0v) is 18.4. The molecule has 0 bridgehead atoms. The molecule has 0 saturated carbocycles. The van der Waals surface area contributed by atoms with Crippen molar-refractivity contribution in [2.75, 3.05) is 26.2 Å². The lowest BCUT2D eigenvalue weighted by Gasteiger charge is -2.39. The molecule has 0 aromatic heterocycles. The first-order valence-electron chi connectivity index (χ1n) is 10.5.